The number of hydrogen-bond acceptors (Lipinski definition) is 7. The number of rotatable bonds is 8. The molecule has 0 atom stereocenters. The van der Waals surface area contributed by atoms with E-state index in [2.05, 4.69) is 15.5 Å². The standard InChI is InChI=1S/C21H24N4O4S/c1-5-15-9-16-20(30-15)22-12-25(21(16)27)11-19(26)24-23-10-14-6-7-17(29-13(2)3)18(8-14)28-4/h6-10,12-13H,5,11H2,1-4H3,(H,24,26)/b23-10-. The van der Waals surface area contributed by atoms with Crippen LogP contribution in [0.2, 0.25) is 0 Å². The molecule has 0 radical (unpaired) electrons. The fourth-order valence-electron chi connectivity index (χ4n) is 2.78. The van der Waals surface area contributed by atoms with Crippen LogP contribution < -0.4 is 20.5 Å². The molecule has 0 saturated carbocycles. The third-order valence-electron chi connectivity index (χ3n) is 4.18. The van der Waals surface area contributed by atoms with Crippen LogP contribution >= 0.6 is 11.3 Å². The average Bonchev–Trinajstić information content (AvgIpc) is 3.15. The zero-order valence-electron chi connectivity index (χ0n) is 17.3. The average molecular weight is 429 g/mol. The Labute approximate surface area is 178 Å². The van der Waals surface area contributed by atoms with Crippen LogP contribution in [-0.4, -0.2) is 34.9 Å². The number of hydrogen-bond donors (Lipinski definition) is 1. The quantitative estimate of drug-likeness (QED) is 0.440. The van der Waals surface area contributed by atoms with Crippen LogP contribution in [0.4, 0.5) is 0 Å². The van der Waals surface area contributed by atoms with Crippen molar-refractivity contribution in [3.8, 4) is 11.5 Å². The van der Waals surface area contributed by atoms with Gasteiger partial charge < -0.3 is 9.47 Å². The number of methoxy groups -OCH3 is 1. The van der Waals surface area contributed by atoms with Crippen molar-refractivity contribution in [3.63, 3.8) is 0 Å². The topological polar surface area (TPSA) is 94.8 Å². The van der Waals surface area contributed by atoms with Crippen molar-refractivity contribution in [3.05, 3.63) is 51.4 Å². The second-order valence-electron chi connectivity index (χ2n) is 6.83. The predicted octanol–water partition coefficient (Wildman–Crippen LogP) is 2.97. The monoisotopic (exact) mass is 428 g/mol. The van der Waals surface area contributed by atoms with E-state index in [0.717, 1.165) is 16.9 Å². The van der Waals surface area contributed by atoms with Gasteiger partial charge in [0.2, 0.25) is 0 Å². The first kappa shape index (κ1) is 21.5. The van der Waals surface area contributed by atoms with E-state index in [1.807, 2.05) is 26.8 Å². The van der Waals surface area contributed by atoms with E-state index in [1.165, 1.54) is 28.4 Å². The highest BCUT2D eigenvalue weighted by Gasteiger charge is 2.11. The lowest BCUT2D eigenvalue weighted by atomic mass is 10.2. The lowest BCUT2D eigenvalue weighted by Crippen LogP contribution is -2.29. The highest BCUT2D eigenvalue weighted by Crippen LogP contribution is 2.28. The Morgan fingerprint density at radius 3 is 2.83 bits per heavy atom. The maximum absolute atomic E-state index is 12.6. The number of carbonyl (C=O) groups is 1. The molecule has 0 aliphatic rings. The first-order chi connectivity index (χ1) is 14.4. The Hall–Kier alpha value is -3.20. The first-order valence-electron chi connectivity index (χ1n) is 9.55. The summed E-state index contributed by atoms with van der Waals surface area (Å²) < 4.78 is 12.3. The molecule has 1 aromatic carbocycles. The van der Waals surface area contributed by atoms with Crippen LogP contribution in [0.3, 0.4) is 0 Å². The van der Waals surface area contributed by atoms with E-state index in [0.29, 0.717) is 21.7 Å². The number of benzene rings is 1. The molecule has 8 nitrogen and oxygen atoms in total. The smallest absolute Gasteiger partial charge is 0.262 e. The fourth-order valence-corrected chi connectivity index (χ4v) is 3.71. The van der Waals surface area contributed by atoms with Crippen LogP contribution in [0.5, 0.6) is 11.5 Å². The summed E-state index contributed by atoms with van der Waals surface area (Å²) in [5.41, 5.74) is 2.92. The number of thiophene rings is 1. The van der Waals surface area contributed by atoms with Crippen LogP contribution in [0, 0.1) is 0 Å². The van der Waals surface area contributed by atoms with Crippen molar-refractivity contribution < 1.29 is 14.3 Å². The minimum Gasteiger partial charge on any atom is -0.493 e. The van der Waals surface area contributed by atoms with Gasteiger partial charge >= 0.3 is 0 Å². The summed E-state index contributed by atoms with van der Waals surface area (Å²) in [5, 5.41) is 4.49. The van der Waals surface area contributed by atoms with Crippen LogP contribution in [0.25, 0.3) is 10.2 Å². The van der Waals surface area contributed by atoms with Gasteiger partial charge in [0, 0.05) is 4.88 Å². The second kappa shape index (κ2) is 9.53. The van der Waals surface area contributed by atoms with Gasteiger partial charge in [-0.2, -0.15) is 5.10 Å². The molecule has 0 aliphatic carbocycles. The molecule has 0 unspecified atom stereocenters. The fraction of sp³-hybridized carbons (Fsp3) is 0.333. The molecule has 0 aliphatic heterocycles. The molecule has 30 heavy (non-hydrogen) atoms. The predicted molar refractivity (Wildman–Crippen MR) is 118 cm³/mol. The van der Waals surface area contributed by atoms with Crippen molar-refractivity contribution in [2.75, 3.05) is 7.11 Å². The summed E-state index contributed by atoms with van der Waals surface area (Å²) in [6.45, 7) is 5.73. The van der Waals surface area contributed by atoms with E-state index in [9.17, 15) is 9.59 Å². The molecule has 0 saturated heterocycles. The number of hydrazone groups is 1. The molecule has 3 rings (SSSR count). The highest BCUT2D eigenvalue weighted by molar-refractivity contribution is 7.18. The van der Waals surface area contributed by atoms with Crippen molar-refractivity contribution in [2.24, 2.45) is 5.10 Å². The normalized spacial score (nSPS) is 11.4. The van der Waals surface area contributed by atoms with Gasteiger partial charge in [0.1, 0.15) is 11.4 Å². The minimum absolute atomic E-state index is 0.0254. The molecule has 158 valence electrons. The van der Waals surface area contributed by atoms with E-state index >= 15 is 0 Å². The molecule has 1 amide bonds. The number of fused-ring (bicyclic) bond motifs is 1. The molecule has 0 bridgehead atoms. The molecule has 0 spiro atoms. The molecule has 3 aromatic rings. The van der Waals surface area contributed by atoms with E-state index in [4.69, 9.17) is 9.47 Å². The zero-order chi connectivity index (χ0) is 21.7. The molecule has 9 heteroatoms. The number of amides is 1. The molecule has 0 fully saturated rings. The van der Waals surface area contributed by atoms with Gasteiger partial charge in [-0.05, 0) is 50.1 Å². The first-order valence-corrected chi connectivity index (χ1v) is 10.4. The highest BCUT2D eigenvalue weighted by atomic mass is 32.1. The van der Waals surface area contributed by atoms with Crippen molar-refractivity contribution >= 4 is 33.7 Å². The number of aromatic nitrogens is 2. The maximum atomic E-state index is 12.6. The maximum Gasteiger partial charge on any atom is 0.262 e. The summed E-state index contributed by atoms with van der Waals surface area (Å²) in [7, 11) is 1.56. The Kier molecular flexibility index (Phi) is 6.83. The van der Waals surface area contributed by atoms with Crippen LogP contribution in [-0.2, 0) is 17.8 Å². The number of nitrogens with one attached hydrogen (secondary N) is 1. The molecule has 1 N–H and O–H groups in total. The summed E-state index contributed by atoms with van der Waals surface area (Å²) in [4.78, 5) is 30.8. The number of aryl methyl sites for hydroxylation is 1. The van der Waals surface area contributed by atoms with Crippen molar-refractivity contribution in [1.82, 2.24) is 15.0 Å². The number of nitrogens with zero attached hydrogens (tertiary/aromatic N) is 3. The second-order valence-corrected chi connectivity index (χ2v) is 7.95. The SMILES string of the molecule is CCc1cc2c(=O)n(CC(=O)N/N=C\c3ccc(OC(C)C)c(OC)c3)cnc2s1. The molecular formula is C21H24N4O4S. The van der Waals surface area contributed by atoms with Gasteiger partial charge in [0.25, 0.3) is 11.5 Å². The van der Waals surface area contributed by atoms with E-state index < -0.39 is 5.91 Å². The Balaban J connectivity index is 1.66. The minimum atomic E-state index is -0.424. The number of ether oxygens (including phenoxy) is 2. The summed E-state index contributed by atoms with van der Waals surface area (Å²) in [6.07, 6.45) is 3.75. The van der Waals surface area contributed by atoms with E-state index in [1.54, 1.807) is 25.3 Å². The van der Waals surface area contributed by atoms with E-state index in [-0.39, 0.29) is 18.2 Å². The molecular weight excluding hydrogens is 404 g/mol. The van der Waals surface area contributed by atoms with Gasteiger partial charge in [0.15, 0.2) is 11.5 Å². The summed E-state index contributed by atoms with van der Waals surface area (Å²) in [6, 6.07) is 7.19. The number of carbonyl (C=O) groups excluding carboxylic acids is 1. The third kappa shape index (κ3) is 5.04. The molecule has 2 heterocycles. The molecule has 2 aromatic heterocycles. The van der Waals surface area contributed by atoms with Crippen molar-refractivity contribution in [2.45, 2.75) is 39.8 Å². The van der Waals surface area contributed by atoms with Crippen LogP contribution in [0.15, 0.2) is 40.5 Å². The Morgan fingerprint density at radius 1 is 1.33 bits per heavy atom. The lowest BCUT2D eigenvalue weighted by molar-refractivity contribution is -0.121. The Morgan fingerprint density at radius 2 is 2.13 bits per heavy atom. The van der Waals surface area contributed by atoms with Gasteiger partial charge in [-0.3, -0.25) is 14.2 Å². The summed E-state index contributed by atoms with van der Waals surface area (Å²) >= 11 is 1.49. The Bertz CT molecular complexity index is 1130. The zero-order valence-corrected chi connectivity index (χ0v) is 18.2. The largest absolute Gasteiger partial charge is 0.493 e. The van der Waals surface area contributed by atoms with Gasteiger partial charge in [-0.1, -0.05) is 6.92 Å². The summed E-state index contributed by atoms with van der Waals surface area (Å²) in [5.74, 6) is 0.787. The van der Waals surface area contributed by atoms with Crippen LogP contribution in [0.1, 0.15) is 31.2 Å². The van der Waals surface area contributed by atoms with Crippen molar-refractivity contribution in [1.29, 1.82) is 0 Å². The third-order valence-corrected chi connectivity index (χ3v) is 5.37. The van der Waals surface area contributed by atoms with Gasteiger partial charge in [-0.25, -0.2) is 10.4 Å². The van der Waals surface area contributed by atoms with Gasteiger partial charge in [-0.15, -0.1) is 11.3 Å². The lowest BCUT2D eigenvalue weighted by Gasteiger charge is -2.13. The van der Waals surface area contributed by atoms with Gasteiger partial charge in [0.05, 0.1) is 31.1 Å².